The molecule has 0 aliphatic heterocycles. The lowest BCUT2D eigenvalue weighted by atomic mass is 10.1. The van der Waals surface area contributed by atoms with E-state index in [-0.39, 0.29) is 11.3 Å². The van der Waals surface area contributed by atoms with Crippen LogP contribution in [0.2, 0.25) is 0 Å². The minimum Gasteiger partial charge on any atom is -0.449 e. The summed E-state index contributed by atoms with van der Waals surface area (Å²) in [6.07, 6.45) is 0.600. The van der Waals surface area contributed by atoms with Gasteiger partial charge in [0.1, 0.15) is 0 Å². The van der Waals surface area contributed by atoms with Crippen LogP contribution < -0.4 is 5.32 Å². The molecule has 0 aliphatic carbocycles. The molecule has 1 atom stereocenters. The topological polar surface area (TPSA) is 94.3 Å². The van der Waals surface area contributed by atoms with E-state index in [4.69, 9.17) is 9.26 Å². The number of esters is 1. The van der Waals surface area contributed by atoms with Gasteiger partial charge in [-0.3, -0.25) is 4.79 Å². The SMILES string of the molecule is C=CCNC(=O)C(C)OC(=O)c1cc(-c2ccc(C)s2)nc2onc(C)c12. The summed E-state index contributed by atoms with van der Waals surface area (Å²) in [4.78, 5) is 31.2. The summed E-state index contributed by atoms with van der Waals surface area (Å²) in [5.74, 6) is -1.03. The first kappa shape index (κ1) is 18.8. The van der Waals surface area contributed by atoms with E-state index in [1.54, 1.807) is 30.4 Å². The predicted molar refractivity (Wildman–Crippen MR) is 103 cm³/mol. The van der Waals surface area contributed by atoms with Crippen LogP contribution in [0.25, 0.3) is 21.7 Å². The van der Waals surface area contributed by atoms with Gasteiger partial charge in [0, 0.05) is 11.4 Å². The van der Waals surface area contributed by atoms with Crippen molar-refractivity contribution < 1.29 is 18.8 Å². The van der Waals surface area contributed by atoms with Crippen LogP contribution in [0.5, 0.6) is 0 Å². The zero-order valence-corrected chi connectivity index (χ0v) is 16.1. The Morgan fingerprint density at radius 3 is 2.85 bits per heavy atom. The minimum absolute atomic E-state index is 0.256. The van der Waals surface area contributed by atoms with Crippen LogP contribution in [0.15, 0.2) is 35.4 Å². The molecule has 0 aromatic carbocycles. The number of aromatic nitrogens is 2. The Kier molecular flexibility index (Phi) is 5.36. The normalized spacial score (nSPS) is 12.0. The molecule has 7 nitrogen and oxygen atoms in total. The van der Waals surface area contributed by atoms with Crippen LogP contribution in [0.3, 0.4) is 0 Å². The molecule has 3 aromatic heterocycles. The third kappa shape index (κ3) is 3.90. The first-order valence-electron chi connectivity index (χ1n) is 8.34. The molecule has 0 spiro atoms. The van der Waals surface area contributed by atoms with Crippen molar-refractivity contribution in [2.45, 2.75) is 26.9 Å². The Hall–Kier alpha value is -3.00. The van der Waals surface area contributed by atoms with Gasteiger partial charge in [0.2, 0.25) is 0 Å². The van der Waals surface area contributed by atoms with Crippen LogP contribution in [0.4, 0.5) is 0 Å². The molecule has 1 N–H and O–H groups in total. The number of pyridine rings is 1. The summed E-state index contributed by atoms with van der Waals surface area (Å²) in [6, 6.07) is 5.55. The van der Waals surface area contributed by atoms with Crippen molar-refractivity contribution in [3.63, 3.8) is 0 Å². The molecular weight excluding hydrogens is 366 g/mol. The fourth-order valence-electron chi connectivity index (χ4n) is 2.55. The molecule has 0 radical (unpaired) electrons. The van der Waals surface area contributed by atoms with Gasteiger partial charge in [-0.05, 0) is 39.0 Å². The summed E-state index contributed by atoms with van der Waals surface area (Å²) in [6.45, 7) is 9.06. The second kappa shape index (κ2) is 7.71. The van der Waals surface area contributed by atoms with E-state index in [0.29, 0.717) is 23.3 Å². The van der Waals surface area contributed by atoms with Crippen molar-refractivity contribution in [1.82, 2.24) is 15.5 Å². The lowest BCUT2D eigenvalue weighted by Gasteiger charge is -2.13. The average Bonchev–Trinajstić information content (AvgIpc) is 3.24. The Morgan fingerprint density at radius 2 is 2.19 bits per heavy atom. The van der Waals surface area contributed by atoms with Crippen LogP contribution in [-0.2, 0) is 9.53 Å². The zero-order valence-electron chi connectivity index (χ0n) is 15.2. The fraction of sp³-hybridized carbons (Fsp3) is 0.263. The highest BCUT2D eigenvalue weighted by Crippen LogP contribution is 2.31. The smallest absolute Gasteiger partial charge is 0.339 e. The number of thiophene rings is 1. The number of carbonyl (C=O) groups is 2. The van der Waals surface area contributed by atoms with Gasteiger partial charge in [-0.2, -0.15) is 0 Å². The number of hydrogen-bond acceptors (Lipinski definition) is 7. The molecule has 0 saturated carbocycles. The molecule has 0 saturated heterocycles. The van der Waals surface area contributed by atoms with Gasteiger partial charge in [-0.25, -0.2) is 9.78 Å². The highest BCUT2D eigenvalue weighted by atomic mass is 32.1. The maximum atomic E-state index is 12.8. The van der Waals surface area contributed by atoms with Crippen molar-refractivity contribution >= 4 is 34.3 Å². The second-order valence-electron chi connectivity index (χ2n) is 5.99. The number of hydrogen-bond donors (Lipinski definition) is 1. The molecule has 3 heterocycles. The Morgan fingerprint density at radius 1 is 1.41 bits per heavy atom. The number of aryl methyl sites for hydroxylation is 2. The molecule has 0 aliphatic rings. The van der Waals surface area contributed by atoms with E-state index < -0.39 is 18.0 Å². The molecule has 1 unspecified atom stereocenters. The van der Waals surface area contributed by atoms with Crippen molar-refractivity contribution in [3.05, 3.63) is 47.0 Å². The van der Waals surface area contributed by atoms with Gasteiger partial charge in [-0.15, -0.1) is 17.9 Å². The summed E-state index contributed by atoms with van der Waals surface area (Å²) in [5.41, 5.74) is 1.64. The van der Waals surface area contributed by atoms with Gasteiger partial charge in [0.05, 0.1) is 27.2 Å². The van der Waals surface area contributed by atoms with Gasteiger partial charge in [-0.1, -0.05) is 11.2 Å². The Bertz CT molecular complexity index is 1020. The molecule has 3 rings (SSSR count). The highest BCUT2D eigenvalue weighted by Gasteiger charge is 2.24. The standard InChI is InChI=1S/C19H19N3O4S/c1-5-8-20-17(23)12(4)25-19(24)13-9-14(15-7-6-10(2)27-15)21-18-16(13)11(3)22-26-18/h5-7,9,12H,1,8H2,2-4H3,(H,20,23). The van der Waals surface area contributed by atoms with E-state index in [1.807, 2.05) is 19.1 Å². The van der Waals surface area contributed by atoms with Crippen LogP contribution in [-0.4, -0.2) is 34.7 Å². The fourth-order valence-corrected chi connectivity index (χ4v) is 3.38. The molecule has 1 amide bonds. The second-order valence-corrected chi connectivity index (χ2v) is 7.28. The lowest BCUT2D eigenvalue weighted by molar-refractivity contribution is -0.128. The number of nitrogens with zero attached hydrogens (tertiary/aromatic N) is 2. The van der Waals surface area contributed by atoms with Gasteiger partial charge < -0.3 is 14.6 Å². The number of carbonyl (C=O) groups excluding carboxylic acids is 2. The summed E-state index contributed by atoms with van der Waals surface area (Å²) in [5, 5.41) is 6.98. The zero-order chi connectivity index (χ0) is 19.6. The van der Waals surface area contributed by atoms with E-state index in [0.717, 1.165) is 9.75 Å². The van der Waals surface area contributed by atoms with Crippen LogP contribution in [0, 0.1) is 13.8 Å². The highest BCUT2D eigenvalue weighted by molar-refractivity contribution is 7.15. The van der Waals surface area contributed by atoms with Gasteiger partial charge in [0.15, 0.2) is 6.10 Å². The Balaban J connectivity index is 1.96. The average molecular weight is 385 g/mol. The quantitative estimate of drug-likeness (QED) is 0.516. The largest absolute Gasteiger partial charge is 0.449 e. The maximum absolute atomic E-state index is 12.8. The monoisotopic (exact) mass is 385 g/mol. The van der Waals surface area contributed by atoms with E-state index in [9.17, 15) is 9.59 Å². The number of ether oxygens (including phenoxy) is 1. The van der Waals surface area contributed by atoms with Crippen molar-refractivity contribution in [3.8, 4) is 10.6 Å². The number of rotatable bonds is 6. The Labute approximate surface area is 160 Å². The van der Waals surface area contributed by atoms with Gasteiger partial charge in [0.25, 0.3) is 11.6 Å². The predicted octanol–water partition coefficient (Wildman–Crippen LogP) is 3.42. The molecule has 0 bridgehead atoms. The van der Waals surface area contributed by atoms with Crippen LogP contribution in [0.1, 0.15) is 27.9 Å². The summed E-state index contributed by atoms with van der Waals surface area (Å²) < 4.78 is 10.6. The van der Waals surface area contributed by atoms with E-state index in [2.05, 4.69) is 22.0 Å². The molecule has 0 fully saturated rings. The summed E-state index contributed by atoms with van der Waals surface area (Å²) in [7, 11) is 0. The first-order valence-corrected chi connectivity index (χ1v) is 9.15. The molecule has 140 valence electrons. The summed E-state index contributed by atoms with van der Waals surface area (Å²) >= 11 is 1.55. The van der Waals surface area contributed by atoms with Gasteiger partial charge >= 0.3 is 5.97 Å². The number of fused-ring (bicyclic) bond motifs is 1. The third-order valence-corrected chi connectivity index (χ3v) is 4.93. The first-order chi connectivity index (χ1) is 12.9. The number of amides is 1. The minimum atomic E-state index is -0.951. The lowest BCUT2D eigenvalue weighted by Crippen LogP contribution is -2.35. The van der Waals surface area contributed by atoms with Crippen molar-refractivity contribution in [2.75, 3.05) is 6.54 Å². The van der Waals surface area contributed by atoms with E-state index in [1.165, 1.54) is 6.92 Å². The molecule has 8 heteroatoms. The molecule has 27 heavy (non-hydrogen) atoms. The van der Waals surface area contributed by atoms with Crippen molar-refractivity contribution in [2.24, 2.45) is 0 Å². The molecule has 3 aromatic rings. The number of nitrogens with one attached hydrogen (secondary N) is 1. The maximum Gasteiger partial charge on any atom is 0.339 e. The molecular formula is C19H19N3O4S. The van der Waals surface area contributed by atoms with Crippen LogP contribution >= 0.6 is 11.3 Å². The van der Waals surface area contributed by atoms with E-state index >= 15 is 0 Å². The third-order valence-electron chi connectivity index (χ3n) is 3.90. The van der Waals surface area contributed by atoms with Crippen molar-refractivity contribution in [1.29, 1.82) is 0 Å².